The van der Waals surface area contributed by atoms with Crippen molar-refractivity contribution >= 4 is 11.9 Å². The summed E-state index contributed by atoms with van der Waals surface area (Å²) in [6, 6.07) is 0. The van der Waals surface area contributed by atoms with Crippen LogP contribution in [0.3, 0.4) is 0 Å². The second-order valence-corrected chi connectivity index (χ2v) is 10.9. The van der Waals surface area contributed by atoms with E-state index in [-0.39, 0.29) is 11.9 Å². The first-order chi connectivity index (χ1) is 19.5. The van der Waals surface area contributed by atoms with Crippen LogP contribution in [0.2, 0.25) is 0 Å². The topological polar surface area (TPSA) is 111 Å². The first-order valence-electron chi connectivity index (χ1n) is 14.8. The van der Waals surface area contributed by atoms with E-state index in [2.05, 4.69) is 44.2 Å². The van der Waals surface area contributed by atoms with Crippen molar-refractivity contribution in [3.63, 3.8) is 0 Å². The highest BCUT2D eigenvalue weighted by Gasteiger charge is 2.13. The van der Waals surface area contributed by atoms with E-state index >= 15 is 0 Å². The smallest absolute Gasteiger partial charge is 0.331 e. The standard InChI is InChI=1S/C35H55N3O3/c1-28(21-15-12-13-20-26-38(6)35(36)37)22-16-14-17-23-29(2)27-32(5)33(39)30(3)24-18-10-8-7-9-11-19-25-31(4)34(40)41/h7-12,15-16,18-19,22,24-25,27-30,33,39H,13-14,17,20-21,23,26H2,1-6H3,(H3,36,37)(H,40,41). The number of allylic oxidation sites excluding steroid dienone is 13. The number of carbonyl (C=O) groups is 1. The molecule has 0 fully saturated rings. The van der Waals surface area contributed by atoms with Crippen molar-refractivity contribution in [1.82, 2.24) is 4.90 Å². The number of hydrogen-bond acceptors (Lipinski definition) is 3. The number of rotatable bonds is 20. The number of unbranched alkanes of at least 4 members (excludes halogenated alkanes) is 2. The van der Waals surface area contributed by atoms with Gasteiger partial charge in [-0.1, -0.05) is 106 Å². The van der Waals surface area contributed by atoms with Gasteiger partial charge in [-0.15, -0.1) is 0 Å². The van der Waals surface area contributed by atoms with Gasteiger partial charge in [-0.3, -0.25) is 5.41 Å². The highest BCUT2D eigenvalue weighted by Crippen LogP contribution is 2.19. The summed E-state index contributed by atoms with van der Waals surface area (Å²) in [7, 11) is 1.84. The average molecular weight is 566 g/mol. The monoisotopic (exact) mass is 565 g/mol. The van der Waals surface area contributed by atoms with Crippen LogP contribution < -0.4 is 5.73 Å². The third-order valence-electron chi connectivity index (χ3n) is 6.72. The molecular weight excluding hydrogens is 510 g/mol. The van der Waals surface area contributed by atoms with Gasteiger partial charge < -0.3 is 20.8 Å². The van der Waals surface area contributed by atoms with Gasteiger partial charge >= 0.3 is 5.97 Å². The van der Waals surface area contributed by atoms with E-state index in [1.165, 1.54) is 0 Å². The molecule has 0 radical (unpaired) electrons. The Bertz CT molecular complexity index is 998. The van der Waals surface area contributed by atoms with Gasteiger partial charge in [0.1, 0.15) is 0 Å². The van der Waals surface area contributed by atoms with Crippen LogP contribution in [0, 0.1) is 23.2 Å². The fourth-order valence-corrected chi connectivity index (χ4v) is 3.94. The van der Waals surface area contributed by atoms with Crippen LogP contribution in [0.15, 0.2) is 96.2 Å². The molecular formula is C35H55N3O3. The van der Waals surface area contributed by atoms with E-state index in [4.69, 9.17) is 16.2 Å². The third kappa shape index (κ3) is 21.1. The second-order valence-electron chi connectivity index (χ2n) is 10.9. The molecule has 0 aromatic heterocycles. The molecule has 0 saturated carbocycles. The van der Waals surface area contributed by atoms with Crippen LogP contribution in [0.5, 0.6) is 0 Å². The summed E-state index contributed by atoms with van der Waals surface area (Å²) in [5, 5.41) is 26.9. The zero-order valence-corrected chi connectivity index (χ0v) is 26.2. The van der Waals surface area contributed by atoms with Crippen molar-refractivity contribution in [2.24, 2.45) is 23.5 Å². The average Bonchev–Trinajstić information content (AvgIpc) is 2.92. The molecule has 0 heterocycles. The molecule has 4 unspecified atom stereocenters. The lowest BCUT2D eigenvalue weighted by Crippen LogP contribution is -2.33. The zero-order chi connectivity index (χ0) is 31.0. The maximum atomic E-state index is 10.7. The van der Waals surface area contributed by atoms with Crippen LogP contribution in [-0.2, 0) is 4.79 Å². The molecule has 0 aliphatic heterocycles. The van der Waals surface area contributed by atoms with Gasteiger partial charge in [-0.05, 0) is 69.8 Å². The van der Waals surface area contributed by atoms with Crippen LogP contribution in [-0.4, -0.2) is 46.7 Å². The first kappa shape index (κ1) is 37.6. The van der Waals surface area contributed by atoms with Gasteiger partial charge in [-0.25, -0.2) is 4.79 Å². The lowest BCUT2D eigenvalue weighted by molar-refractivity contribution is -0.132. The third-order valence-corrected chi connectivity index (χ3v) is 6.72. The summed E-state index contributed by atoms with van der Waals surface area (Å²) >= 11 is 0. The van der Waals surface area contributed by atoms with Crippen molar-refractivity contribution < 1.29 is 15.0 Å². The Balaban J connectivity index is 4.31. The van der Waals surface area contributed by atoms with E-state index < -0.39 is 12.1 Å². The summed E-state index contributed by atoms with van der Waals surface area (Å²) in [6.07, 6.45) is 33.6. The number of aliphatic carboxylic acids is 1. The molecule has 0 bridgehead atoms. The molecule has 0 aliphatic rings. The quantitative estimate of drug-likeness (QED) is 0.0301. The number of nitrogens with zero attached hydrogens (tertiary/aromatic N) is 1. The van der Waals surface area contributed by atoms with Crippen molar-refractivity contribution in [2.45, 2.75) is 79.2 Å². The molecule has 0 rings (SSSR count). The first-order valence-corrected chi connectivity index (χ1v) is 14.8. The molecule has 0 spiro atoms. The number of aliphatic hydroxyl groups excluding tert-OH is 1. The molecule has 0 saturated heterocycles. The Hall–Kier alpha value is -3.38. The van der Waals surface area contributed by atoms with E-state index in [9.17, 15) is 9.90 Å². The number of nitrogens with one attached hydrogen (secondary N) is 1. The second kappa shape index (κ2) is 23.3. The molecule has 0 aromatic carbocycles. The predicted molar refractivity (Wildman–Crippen MR) is 176 cm³/mol. The fraction of sp³-hybridized carbons (Fsp3) is 0.486. The Labute approximate surface area is 249 Å². The number of carboxylic acid groups (broad SMARTS) is 1. The van der Waals surface area contributed by atoms with Gasteiger partial charge in [0, 0.05) is 25.1 Å². The largest absolute Gasteiger partial charge is 0.478 e. The van der Waals surface area contributed by atoms with Crippen LogP contribution in [0.25, 0.3) is 0 Å². The lowest BCUT2D eigenvalue weighted by atomic mass is 9.93. The minimum absolute atomic E-state index is 0.0106. The number of hydrogen-bond donors (Lipinski definition) is 4. The van der Waals surface area contributed by atoms with Crippen molar-refractivity contribution in [3.05, 3.63) is 96.2 Å². The van der Waals surface area contributed by atoms with E-state index in [0.29, 0.717) is 17.4 Å². The van der Waals surface area contributed by atoms with Crippen molar-refractivity contribution in [1.29, 1.82) is 5.41 Å². The lowest BCUT2D eigenvalue weighted by Gasteiger charge is -2.18. The summed E-state index contributed by atoms with van der Waals surface area (Å²) in [6.45, 7) is 10.8. The Morgan fingerprint density at radius 3 is 2.12 bits per heavy atom. The number of guanidine groups is 1. The Morgan fingerprint density at radius 1 is 0.878 bits per heavy atom. The maximum Gasteiger partial charge on any atom is 0.331 e. The molecule has 6 heteroatoms. The van der Waals surface area contributed by atoms with Crippen LogP contribution in [0.1, 0.15) is 73.1 Å². The highest BCUT2D eigenvalue weighted by molar-refractivity contribution is 5.86. The summed E-state index contributed by atoms with van der Waals surface area (Å²) in [4.78, 5) is 12.5. The van der Waals surface area contributed by atoms with Gasteiger partial charge in [-0.2, -0.15) is 0 Å². The summed E-state index contributed by atoms with van der Waals surface area (Å²) in [5.41, 5.74) is 6.75. The summed E-state index contributed by atoms with van der Waals surface area (Å²) in [5.74, 6) is 0.156. The Morgan fingerprint density at radius 2 is 1.49 bits per heavy atom. The molecule has 0 aromatic rings. The van der Waals surface area contributed by atoms with Gasteiger partial charge in [0.2, 0.25) is 0 Å². The molecule has 6 nitrogen and oxygen atoms in total. The highest BCUT2D eigenvalue weighted by atomic mass is 16.4. The molecule has 5 N–H and O–H groups in total. The molecule has 4 atom stereocenters. The zero-order valence-electron chi connectivity index (χ0n) is 26.2. The minimum Gasteiger partial charge on any atom is -0.478 e. The predicted octanol–water partition coefficient (Wildman–Crippen LogP) is 7.74. The Kier molecular flexibility index (Phi) is 21.4. The van der Waals surface area contributed by atoms with Crippen LogP contribution >= 0.6 is 0 Å². The van der Waals surface area contributed by atoms with Crippen molar-refractivity contribution in [2.75, 3.05) is 13.6 Å². The minimum atomic E-state index is -0.919. The SMILES string of the molecule is CC(=CC=CC=CC=CC=CC(C)C(O)C(C)=CC(C)CCCC=CC(C)CC=CCCCN(C)C(=N)N)C(=O)O. The number of carboxylic acids is 1. The summed E-state index contributed by atoms with van der Waals surface area (Å²) < 4.78 is 0. The molecule has 41 heavy (non-hydrogen) atoms. The fourth-order valence-electron chi connectivity index (χ4n) is 3.94. The van der Waals surface area contributed by atoms with E-state index in [1.807, 2.05) is 57.4 Å². The molecule has 0 amide bonds. The molecule has 228 valence electrons. The number of nitrogens with two attached hydrogens (primary N) is 1. The van der Waals surface area contributed by atoms with Crippen LogP contribution in [0.4, 0.5) is 0 Å². The van der Waals surface area contributed by atoms with Gasteiger partial charge in [0.05, 0.1) is 6.10 Å². The van der Waals surface area contributed by atoms with Gasteiger partial charge in [0.25, 0.3) is 0 Å². The number of aliphatic hydroxyl groups is 1. The molecule has 0 aliphatic carbocycles. The normalized spacial score (nSPS) is 16.6. The van der Waals surface area contributed by atoms with Crippen molar-refractivity contribution in [3.8, 4) is 0 Å². The van der Waals surface area contributed by atoms with Gasteiger partial charge in [0.15, 0.2) is 5.96 Å². The maximum absolute atomic E-state index is 10.7. The van der Waals surface area contributed by atoms with E-state index in [0.717, 1.165) is 50.6 Å². The van der Waals surface area contributed by atoms with E-state index in [1.54, 1.807) is 30.1 Å².